The molecule has 0 amide bonds. The largest absolute Gasteiger partial charge is 0.372 e. The van der Waals surface area contributed by atoms with Crippen molar-refractivity contribution in [2.45, 2.75) is 77.4 Å². The lowest BCUT2D eigenvalue weighted by Crippen LogP contribution is -2.40. The molecule has 0 spiro atoms. The molecule has 0 bridgehead atoms. The highest BCUT2D eigenvalue weighted by Crippen LogP contribution is 2.36. The number of hydrogen-bond acceptors (Lipinski definition) is 6. The van der Waals surface area contributed by atoms with Gasteiger partial charge >= 0.3 is 0 Å². The molecule has 0 radical (unpaired) electrons. The van der Waals surface area contributed by atoms with Crippen LogP contribution < -0.4 is 9.80 Å². The van der Waals surface area contributed by atoms with Gasteiger partial charge in [0.15, 0.2) is 12.0 Å². The third-order valence-corrected chi connectivity index (χ3v) is 8.80. The summed E-state index contributed by atoms with van der Waals surface area (Å²) < 4.78 is 26.8. The summed E-state index contributed by atoms with van der Waals surface area (Å²) >= 11 is 0. The second kappa shape index (κ2) is 14.2. The summed E-state index contributed by atoms with van der Waals surface area (Å²) in [6, 6.07) is 14.4. The van der Waals surface area contributed by atoms with Crippen molar-refractivity contribution in [3.8, 4) is 6.07 Å². The fraction of sp³-hybridized carbons (Fsp3) is 0.576. The number of aromatic amines is 1. The van der Waals surface area contributed by atoms with Gasteiger partial charge < -0.3 is 19.3 Å². The highest BCUT2D eigenvalue weighted by Gasteiger charge is 2.29. The first kappa shape index (κ1) is 29.3. The minimum Gasteiger partial charge on any atom is -0.372 e. The Kier molecular flexibility index (Phi) is 10.1. The normalized spacial score (nSPS) is 17.0. The Morgan fingerprint density at radius 1 is 0.927 bits per heavy atom. The SMILES string of the molecule is CCCCOC(OCCCC)C1CCN(c2ccc(C3CCN(c4ccc(F)c5c(C#N)n[nH]c45)CC3)cc2)CC1. The molecule has 1 N–H and O–H groups in total. The molecule has 220 valence electrons. The predicted molar refractivity (Wildman–Crippen MR) is 162 cm³/mol. The number of nitrogens with one attached hydrogen (secondary N) is 1. The zero-order valence-corrected chi connectivity index (χ0v) is 24.6. The third-order valence-electron chi connectivity index (χ3n) is 8.80. The number of aromatic nitrogens is 2. The number of H-pyrrole nitrogens is 1. The van der Waals surface area contributed by atoms with E-state index in [0.717, 1.165) is 96.4 Å². The minimum atomic E-state index is -0.409. The zero-order chi connectivity index (χ0) is 28.6. The van der Waals surface area contributed by atoms with Gasteiger partial charge in [-0.25, -0.2) is 4.39 Å². The summed E-state index contributed by atoms with van der Waals surface area (Å²) in [6.07, 6.45) is 8.61. The molecule has 2 aliphatic heterocycles. The molecular weight excluding hydrogens is 517 g/mol. The Labute approximate surface area is 243 Å². The molecule has 0 unspecified atom stereocenters. The molecule has 1 aromatic heterocycles. The van der Waals surface area contributed by atoms with Crippen LogP contribution in [-0.2, 0) is 9.47 Å². The van der Waals surface area contributed by atoms with E-state index in [2.05, 4.69) is 58.1 Å². The number of fused-ring (bicyclic) bond motifs is 1. The van der Waals surface area contributed by atoms with Crippen LogP contribution in [0.25, 0.3) is 10.9 Å². The molecular formula is C33H44FN5O2. The summed E-state index contributed by atoms with van der Waals surface area (Å²) in [6.45, 7) is 9.78. The van der Waals surface area contributed by atoms with Crippen molar-refractivity contribution in [3.63, 3.8) is 0 Å². The Balaban J connectivity index is 1.14. The van der Waals surface area contributed by atoms with Gasteiger partial charge in [-0.3, -0.25) is 5.10 Å². The van der Waals surface area contributed by atoms with Crippen molar-refractivity contribution < 1.29 is 13.9 Å². The number of halogens is 1. The maximum absolute atomic E-state index is 14.4. The number of hydrogen-bond donors (Lipinski definition) is 1. The lowest BCUT2D eigenvalue weighted by Gasteiger charge is -2.37. The van der Waals surface area contributed by atoms with Crippen LogP contribution in [0.1, 0.15) is 82.4 Å². The van der Waals surface area contributed by atoms with Crippen LogP contribution in [0.5, 0.6) is 0 Å². The molecule has 2 fully saturated rings. The van der Waals surface area contributed by atoms with Crippen molar-refractivity contribution in [3.05, 3.63) is 53.5 Å². The Morgan fingerprint density at radius 2 is 1.56 bits per heavy atom. The quantitative estimate of drug-likeness (QED) is 0.187. The van der Waals surface area contributed by atoms with E-state index in [1.807, 2.05) is 6.07 Å². The summed E-state index contributed by atoms with van der Waals surface area (Å²) in [7, 11) is 0. The molecule has 0 atom stereocenters. The summed E-state index contributed by atoms with van der Waals surface area (Å²) in [5.74, 6) is 0.549. The number of rotatable bonds is 12. The van der Waals surface area contributed by atoms with E-state index in [9.17, 15) is 9.65 Å². The smallest absolute Gasteiger partial charge is 0.173 e. The first-order chi connectivity index (χ1) is 20.1. The van der Waals surface area contributed by atoms with Gasteiger partial charge in [0.2, 0.25) is 0 Å². The lowest BCUT2D eigenvalue weighted by atomic mass is 9.89. The Bertz CT molecular complexity index is 1280. The van der Waals surface area contributed by atoms with Gasteiger partial charge in [0.25, 0.3) is 0 Å². The van der Waals surface area contributed by atoms with Gasteiger partial charge in [0, 0.05) is 51.0 Å². The topological polar surface area (TPSA) is 77.4 Å². The summed E-state index contributed by atoms with van der Waals surface area (Å²) in [5, 5.41) is 16.5. The predicted octanol–water partition coefficient (Wildman–Crippen LogP) is 7.13. The van der Waals surface area contributed by atoms with Crippen molar-refractivity contribution in [2.75, 3.05) is 49.2 Å². The zero-order valence-electron chi connectivity index (χ0n) is 24.6. The van der Waals surface area contributed by atoms with E-state index in [1.165, 1.54) is 17.3 Å². The molecule has 2 aliphatic rings. The second-order valence-electron chi connectivity index (χ2n) is 11.5. The number of anilines is 2. The van der Waals surface area contributed by atoms with Crippen LogP contribution in [0.4, 0.5) is 15.8 Å². The highest BCUT2D eigenvalue weighted by molar-refractivity contribution is 5.94. The van der Waals surface area contributed by atoms with E-state index in [-0.39, 0.29) is 17.4 Å². The molecule has 0 saturated carbocycles. The molecule has 8 heteroatoms. The average Bonchev–Trinajstić information content (AvgIpc) is 3.46. The monoisotopic (exact) mass is 561 g/mol. The van der Waals surface area contributed by atoms with Gasteiger partial charge in [0.05, 0.1) is 16.6 Å². The van der Waals surface area contributed by atoms with E-state index in [4.69, 9.17) is 9.47 Å². The molecule has 2 aromatic carbocycles. The minimum absolute atomic E-state index is 0.0730. The van der Waals surface area contributed by atoms with Crippen LogP contribution in [0.3, 0.4) is 0 Å². The molecule has 41 heavy (non-hydrogen) atoms. The molecule has 3 heterocycles. The molecule has 7 nitrogen and oxygen atoms in total. The van der Waals surface area contributed by atoms with Crippen molar-refractivity contribution in [1.82, 2.24) is 10.2 Å². The number of nitrogens with zero attached hydrogens (tertiary/aromatic N) is 4. The molecule has 2 saturated heterocycles. The van der Waals surface area contributed by atoms with Gasteiger partial charge in [-0.15, -0.1) is 0 Å². The van der Waals surface area contributed by atoms with E-state index in [0.29, 0.717) is 17.4 Å². The maximum atomic E-state index is 14.4. The lowest BCUT2D eigenvalue weighted by molar-refractivity contribution is -0.177. The van der Waals surface area contributed by atoms with E-state index < -0.39 is 5.82 Å². The average molecular weight is 562 g/mol. The summed E-state index contributed by atoms with van der Waals surface area (Å²) in [5.41, 5.74) is 4.32. The van der Waals surface area contributed by atoms with E-state index in [1.54, 1.807) is 6.07 Å². The van der Waals surface area contributed by atoms with Gasteiger partial charge in [-0.1, -0.05) is 38.8 Å². The number of piperidine rings is 2. The number of ether oxygens (including phenoxy) is 2. The molecule has 3 aromatic rings. The first-order valence-electron chi connectivity index (χ1n) is 15.5. The van der Waals surface area contributed by atoms with Crippen molar-refractivity contribution >= 4 is 22.3 Å². The van der Waals surface area contributed by atoms with Crippen molar-refractivity contribution in [2.24, 2.45) is 5.92 Å². The molecule has 0 aliphatic carbocycles. The highest BCUT2D eigenvalue weighted by atomic mass is 19.1. The van der Waals surface area contributed by atoms with Crippen LogP contribution in [0.2, 0.25) is 0 Å². The fourth-order valence-corrected chi connectivity index (χ4v) is 6.27. The van der Waals surface area contributed by atoms with Gasteiger partial charge in [0.1, 0.15) is 11.9 Å². The fourth-order valence-electron chi connectivity index (χ4n) is 6.27. The van der Waals surface area contributed by atoms with Crippen LogP contribution in [0.15, 0.2) is 36.4 Å². The second-order valence-corrected chi connectivity index (χ2v) is 11.5. The standard InChI is InChI=1S/C33H44FN5O2/c1-3-5-21-40-33(41-22-6-4-2)26-15-17-38(18-16-26)27-9-7-24(8-10-27)25-13-19-39(20-14-25)30-12-11-28(34)31-29(23-35)36-37-32(30)31/h7-12,25-26,33H,3-6,13-22H2,1-2H3,(H,36,37). The number of nitriles is 1. The van der Waals surface area contributed by atoms with Gasteiger partial charge in [-0.2, -0.15) is 10.4 Å². The summed E-state index contributed by atoms with van der Waals surface area (Å²) in [4.78, 5) is 4.78. The Morgan fingerprint density at radius 3 is 2.17 bits per heavy atom. The van der Waals surface area contributed by atoms with Gasteiger partial charge in [-0.05, 0) is 74.3 Å². The number of benzene rings is 2. The third kappa shape index (κ3) is 6.85. The Hall–Kier alpha value is -3.15. The van der Waals surface area contributed by atoms with Crippen molar-refractivity contribution in [1.29, 1.82) is 5.26 Å². The van der Waals surface area contributed by atoms with E-state index >= 15 is 0 Å². The van der Waals surface area contributed by atoms with Crippen LogP contribution in [-0.4, -0.2) is 55.9 Å². The molecule has 5 rings (SSSR count). The maximum Gasteiger partial charge on any atom is 0.173 e. The van der Waals surface area contributed by atoms with Crippen LogP contribution >= 0.6 is 0 Å². The first-order valence-corrected chi connectivity index (χ1v) is 15.5. The van der Waals surface area contributed by atoms with Crippen LogP contribution in [0, 0.1) is 23.1 Å². The number of unbranched alkanes of at least 4 members (excludes halogenated alkanes) is 2.